The summed E-state index contributed by atoms with van der Waals surface area (Å²) in [7, 11) is 1.97. The maximum Gasteiger partial charge on any atom is 0.318 e. The second-order valence-corrected chi connectivity index (χ2v) is 6.97. The summed E-state index contributed by atoms with van der Waals surface area (Å²) in [6.07, 6.45) is 2.56. The highest BCUT2D eigenvalue weighted by molar-refractivity contribution is 6.60. The number of rotatable bonds is 3. The molecule has 6 heteroatoms. The quantitative estimate of drug-likeness (QED) is 0.529. The summed E-state index contributed by atoms with van der Waals surface area (Å²) in [6, 6.07) is 17.3. The van der Waals surface area contributed by atoms with Crippen LogP contribution in [0.25, 0.3) is 10.8 Å². The number of benzene rings is 3. The summed E-state index contributed by atoms with van der Waals surface area (Å²) < 4.78 is 0. The van der Waals surface area contributed by atoms with E-state index in [-0.39, 0.29) is 11.8 Å². The maximum atomic E-state index is 12.9. The Morgan fingerprint density at radius 3 is 2.54 bits per heavy atom. The molecular formula is C22H17BN3O2. The van der Waals surface area contributed by atoms with E-state index in [1.807, 2.05) is 69.1 Å². The van der Waals surface area contributed by atoms with Crippen LogP contribution in [0.1, 0.15) is 39.6 Å². The molecule has 28 heavy (non-hydrogen) atoms. The topological polar surface area (TPSA) is 53.0 Å². The number of fused-ring (bicyclic) bond motifs is 1. The molecule has 2 heterocycles. The molecule has 135 valence electrons. The molecule has 0 atom stereocenters. The van der Waals surface area contributed by atoms with E-state index in [9.17, 15) is 9.59 Å². The van der Waals surface area contributed by atoms with Crippen molar-refractivity contribution in [1.82, 2.24) is 4.90 Å². The minimum absolute atomic E-state index is 0.224. The second-order valence-electron chi connectivity index (χ2n) is 6.97. The molecule has 2 aliphatic heterocycles. The number of anilines is 1. The van der Waals surface area contributed by atoms with Gasteiger partial charge in [0, 0.05) is 28.4 Å². The number of amides is 2. The lowest BCUT2D eigenvalue weighted by molar-refractivity contribution is 0.0610. The molecular weight excluding hydrogens is 349 g/mol. The van der Waals surface area contributed by atoms with Crippen LogP contribution >= 0.6 is 0 Å². The molecule has 0 aromatic heterocycles. The van der Waals surface area contributed by atoms with Gasteiger partial charge in [-0.05, 0) is 35.6 Å². The Kier molecular flexibility index (Phi) is 3.79. The highest BCUT2D eigenvalue weighted by Gasteiger charge is 2.33. The van der Waals surface area contributed by atoms with Crippen LogP contribution < -0.4 is 10.4 Å². The van der Waals surface area contributed by atoms with Crippen LogP contribution in [0.3, 0.4) is 0 Å². The molecule has 2 aliphatic rings. The normalized spacial score (nSPS) is 15.0. The number of hydrogen-bond donors (Lipinski definition) is 0. The van der Waals surface area contributed by atoms with Crippen molar-refractivity contribution in [3.05, 3.63) is 71.3 Å². The summed E-state index contributed by atoms with van der Waals surface area (Å²) in [5, 5.41) is 6.11. The van der Waals surface area contributed by atoms with Gasteiger partial charge >= 0.3 is 7.41 Å². The lowest BCUT2D eigenvalue weighted by Crippen LogP contribution is -2.41. The van der Waals surface area contributed by atoms with Gasteiger partial charge in [0.2, 0.25) is 0 Å². The first-order valence-corrected chi connectivity index (χ1v) is 9.38. The van der Waals surface area contributed by atoms with Gasteiger partial charge in [0.15, 0.2) is 0 Å². The van der Waals surface area contributed by atoms with Crippen LogP contribution in [0.4, 0.5) is 5.69 Å². The van der Waals surface area contributed by atoms with Gasteiger partial charge in [-0.2, -0.15) is 5.10 Å². The molecule has 0 aliphatic carbocycles. The van der Waals surface area contributed by atoms with Crippen LogP contribution in [0.15, 0.2) is 59.7 Å². The molecule has 0 N–H and O–H groups in total. The number of hydrazone groups is 1. The van der Waals surface area contributed by atoms with E-state index in [1.165, 1.54) is 4.90 Å². The first kappa shape index (κ1) is 16.7. The summed E-state index contributed by atoms with van der Waals surface area (Å²) in [5.41, 5.74) is 4.12. The molecule has 3 aromatic carbocycles. The van der Waals surface area contributed by atoms with Crippen LogP contribution in [-0.4, -0.2) is 36.9 Å². The predicted molar refractivity (Wildman–Crippen MR) is 112 cm³/mol. The van der Waals surface area contributed by atoms with E-state index in [4.69, 9.17) is 0 Å². The first-order chi connectivity index (χ1) is 13.7. The van der Waals surface area contributed by atoms with Gasteiger partial charge in [-0.15, -0.1) is 0 Å². The number of imide groups is 1. The van der Waals surface area contributed by atoms with Crippen LogP contribution in [0, 0.1) is 0 Å². The average Bonchev–Trinajstić information content (AvgIpc) is 2.74. The fraction of sp³-hybridized carbons (Fsp3) is 0.136. The van der Waals surface area contributed by atoms with Crippen molar-refractivity contribution in [1.29, 1.82) is 0 Å². The fourth-order valence-electron chi connectivity index (χ4n) is 3.92. The summed E-state index contributed by atoms with van der Waals surface area (Å²) in [5.74, 6) is -0.447. The Labute approximate surface area is 163 Å². The molecule has 5 rings (SSSR count). The van der Waals surface area contributed by atoms with Crippen molar-refractivity contribution in [2.24, 2.45) is 5.10 Å². The van der Waals surface area contributed by atoms with E-state index < -0.39 is 0 Å². The highest BCUT2D eigenvalue weighted by atomic mass is 16.2. The number of carbonyl (C=O) groups is 2. The molecule has 2 amide bonds. The SMILES string of the molecule is CCCN1C(=O)c2cccc3c(N4[B]c5ccccc5C=N4)ccc(c23)C1=O. The van der Waals surface area contributed by atoms with E-state index in [0.717, 1.165) is 28.5 Å². The molecule has 0 fully saturated rings. The van der Waals surface area contributed by atoms with Crippen molar-refractivity contribution in [3.63, 3.8) is 0 Å². The van der Waals surface area contributed by atoms with E-state index in [0.29, 0.717) is 23.1 Å². The lowest BCUT2D eigenvalue weighted by atomic mass is 9.77. The monoisotopic (exact) mass is 366 g/mol. The Morgan fingerprint density at radius 2 is 1.71 bits per heavy atom. The van der Waals surface area contributed by atoms with Crippen LogP contribution in [0.2, 0.25) is 0 Å². The minimum atomic E-state index is -0.224. The molecule has 0 bridgehead atoms. The molecule has 0 saturated heterocycles. The van der Waals surface area contributed by atoms with Crippen molar-refractivity contribution >= 4 is 47.4 Å². The number of nitrogens with zero attached hydrogens (tertiary/aromatic N) is 3. The van der Waals surface area contributed by atoms with Gasteiger partial charge in [-0.3, -0.25) is 14.5 Å². The minimum Gasteiger partial charge on any atom is -0.310 e. The van der Waals surface area contributed by atoms with Crippen LogP contribution in [0.5, 0.6) is 0 Å². The van der Waals surface area contributed by atoms with E-state index in [2.05, 4.69) is 5.10 Å². The molecule has 0 spiro atoms. The second kappa shape index (κ2) is 6.34. The Morgan fingerprint density at radius 1 is 0.929 bits per heavy atom. The van der Waals surface area contributed by atoms with Crippen LogP contribution in [-0.2, 0) is 0 Å². The van der Waals surface area contributed by atoms with Gasteiger partial charge in [0.1, 0.15) is 0 Å². The standard InChI is InChI=1S/C22H17BN3O2/c1-2-12-25-21(27)16-8-5-7-15-19(11-10-17(20(15)16)22(25)28)26-23-18-9-4-3-6-14(18)13-24-26/h3-11,13H,2,12H2,1H3. The highest BCUT2D eigenvalue weighted by Crippen LogP contribution is 2.36. The zero-order valence-electron chi connectivity index (χ0n) is 15.4. The average molecular weight is 366 g/mol. The molecule has 1 radical (unpaired) electrons. The fourth-order valence-corrected chi connectivity index (χ4v) is 3.92. The molecule has 5 nitrogen and oxygen atoms in total. The predicted octanol–water partition coefficient (Wildman–Crippen LogP) is 2.94. The van der Waals surface area contributed by atoms with Crippen molar-refractivity contribution in [2.75, 3.05) is 11.5 Å². The largest absolute Gasteiger partial charge is 0.318 e. The zero-order chi connectivity index (χ0) is 19.3. The van der Waals surface area contributed by atoms with E-state index in [1.54, 1.807) is 11.0 Å². The van der Waals surface area contributed by atoms with Gasteiger partial charge < -0.3 is 4.92 Å². The van der Waals surface area contributed by atoms with Gasteiger partial charge in [0.05, 0.1) is 11.9 Å². The molecule has 0 unspecified atom stereocenters. The van der Waals surface area contributed by atoms with Crippen molar-refractivity contribution < 1.29 is 9.59 Å². The molecule has 3 aromatic rings. The number of hydrogen-bond acceptors (Lipinski definition) is 4. The Balaban J connectivity index is 1.66. The van der Waals surface area contributed by atoms with Gasteiger partial charge in [-0.1, -0.05) is 43.3 Å². The van der Waals surface area contributed by atoms with Gasteiger partial charge in [0.25, 0.3) is 11.8 Å². The summed E-state index contributed by atoms with van der Waals surface area (Å²) >= 11 is 0. The molecule has 0 saturated carbocycles. The Hall–Kier alpha value is -3.41. The van der Waals surface area contributed by atoms with Crippen molar-refractivity contribution in [2.45, 2.75) is 13.3 Å². The van der Waals surface area contributed by atoms with Crippen molar-refractivity contribution in [3.8, 4) is 0 Å². The first-order valence-electron chi connectivity index (χ1n) is 9.38. The zero-order valence-corrected chi connectivity index (χ0v) is 15.4. The third-order valence-corrected chi connectivity index (χ3v) is 5.24. The van der Waals surface area contributed by atoms with E-state index >= 15 is 0 Å². The summed E-state index contributed by atoms with van der Waals surface area (Å²) in [4.78, 5) is 29.0. The smallest absolute Gasteiger partial charge is 0.310 e. The Bertz CT molecular complexity index is 1150. The van der Waals surface area contributed by atoms with Gasteiger partial charge in [-0.25, -0.2) is 0 Å². The third-order valence-electron chi connectivity index (χ3n) is 5.24. The number of carbonyl (C=O) groups excluding carboxylic acids is 2. The third kappa shape index (κ3) is 2.38. The summed E-state index contributed by atoms with van der Waals surface area (Å²) in [6.45, 7) is 2.39. The lowest BCUT2D eigenvalue weighted by Gasteiger charge is -2.29. The maximum absolute atomic E-state index is 12.9.